The molecule has 3 aromatic rings. The van der Waals surface area contributed by atoms with Gasteiger partial charge in [0.05, 0.1) is 0 Å². The van der Waals surface area contributed by atoms with Crippen molar-refractivity contribution in [2.45, 2.75) is 34.1 Å². The lowest BCUT2D eigenvalue weighted by atomic mass is 9.97. The predicted molar refractivity (Wildman–Crippen MR) is 102 cm³/mol. The maximum Gasteiger partial charge on any atom is 0.293 e. The van der Waals surface area contributed by atoms with E-state index in [2.05, 4.69) is 48.2 Å². The lowest BCUT2D eigenvalue weighted by molar-refractivity contribution is 0.0994. The van der Waals surface area contributed by atoms with Crippen LogP contribution < -0.4 is 5.32 Å². The number of aromatic nitrogens is 2. The number of hydrogen-bond donors (Lipinski definition) is 1. The van der Waals surface area contributed by atoms with Gasteiger partial charge in [0.2, 0.25) is 5.95 Å². The molecule has 134 valence electrons. The molecule has 2 aromatic heterocycles. The number of hydrogen-bond acceptors (Lipinski definition) is 4. The van der Waals surface area contributed by atoms with Gasteiger partial charge >= 0.3 is 0 Å². The van der Waals surface area contributed by atoms with Crippen LogP contribution in [0.4, 0.5) is 5.95 Å². The van der Waals surface area contributed by atoms with E-state index in [-0.39, 0.29) is 16.9 Å². The van der Waals surface area contributed by atoms with Crippen LogP contribution in [0.3, 0.4) is 0 Å². The molecule has 0 aliphatic rings. The third kappa shape index (κ3) is 4.11. The fraction of sp³-hybridized carbons (Fsp3) is 0.250. The molecule has 1 amide bonds. The molecule has 0 fully saturated rings. The zero-order valence-corrected chi connectivity index (χ0v) is 15.9. The van der Waals surface area contributed by atoms with E-state index in [1.807, 2.05) is 6.07 Å². The molecule has 0 saturated carbocycles. The number of halogens is 1. The Hall–Kier alpha value is -2.66. The minimum atomic E-state index is -0.407. The topological polar surface area (TPSA) is 68.0 Å². The number of aryl methyl sites for hydroxylation is 4. The van der Waals surface area contributed by atoms with E-state index in [1.165, 1.54) is 22.3 Å². The quantitative estimate of drug-likeness (QED) is 0.671. The van der Waals surface area contributed by atoms with E-state index < -0.39 is 5.91 Å². The van der Waals surface area contributed by atoms with Crippen LogP contribution in [0.15, 0.2) is 34.7 Å². The number of carbonyl (C=O) groups is 1. The van der Waals surface area contributed by atoms with Crippen molar-refractivity contribution in [3.63, 3.8) is 0 Å². The molecule has 6 heteroatoms. The standard InChI is InChI=1S/C20H20ClN3O2/c1-11-7-12(2)16(13(3)8-11)10-15-5-6-17(26-15)19(25)24-20-22-14(4)9-18(21)23-20/h5-9H,10H2,1-4H3,(H,22,23,24,25). The fourth-order valence-corrected chi connectivity index (χ4v) is 3.25. The molecule has 5 nitrogen and oxygen atoms in total. The third-order valence-corrected chi connectivity index (χ3v) is 4.32. The van der Waals surface area contributed by atoms with E-state index in [4.69, 9.17) is 16.0 Å². The summed E-state index contributed by atoms with van der Waals surface area (Å²) in [4.78, 5) is 20.5. The number of nitrogens with zero attached hydrogens (tertiary/aromatic N) is 2. The van der Waals surface area contributed by atoms with Crippen LogP contribution in [0.1, 0.15) is 44.3 Å². The monoisotopic (exact) mass is 369 g/mol. The number of amides is 1. The minimum Gasteiger partial charge on any atom is -0.456 e. The van der Waals surface area contributed by atoms with Gasteiger partial charge in [0, 0.05) is 12.1 Å². The van der Waals surface area contributed by atoms with Gasteiger partial charge in [0.25, 0.3) is 5.91 Å². The SMILES string of the molecule is Cc1cc(C)c(Cc2ccc(C(=O)Nc3nc(C)cc(Cl)n3)o2)c(C)c1. The zero-order chi connectivity index (χ0) is 18.8. The van der Waals surface area contributed by atoms with E-state index in [1.54, 1.807) is 19.1 Å². The summed E-state index contributed by atoms with van der Waals surface area (Å²) in [7, 11) is 0. The highest BCUT2D eigenvalue weighted by Gasteiger charge is 2.15. The van der Waals surface area contributed by atoms with Crippen molar-refractivity contribution in [3.05, 3.63) is 75.0 Å². The Morgan fingerprint density at radius 1 is 1.08 bits per heavy atom. The van der Waals surface area contributed by atoms with Crippen molar-refractivity contribution in [3.8, 4) is 0 Å². The van der Waals surface area contributed by atoms with Crippen molar-refractivity contribution in [2.24, 2.45) is 0 Å². The lowest BCUT2D eigenvalue weighted by Crippen LogP contribution is -2.13. The van der Waals surface area contributed by atoms with Crippen LogP contribution in [0.25, 0.3) is 0 Å². The average Bonchev–Trinajstić information content (AvgIpc) is 2.98. The molecule has 0 aliphatic heterocycles. The smallest absolute Gasteiger partial charge is 0.293 e. The summed E-state index contributed by atoms with van der Waals surface area (Å²) in [6.45, 7) is 8.04. The molecule has 1 N–H and O–H groups in total. The zero-order valence-electron chi connectivity index (χ0n) is 15.2. The van der Waals surface area contributed by atoms with E-state index >= 15 is 0 Å². The lowest BCUT2D eigenvalue weighted by Gasteiger charge is -2.10. The first-order valence-electron chi connectivity index (χ1n) is 8.30. The number of carbonyl (C=O) groups excluding carboxylic acids is 1. The average molecular weight is 370 g/mol. The normalized spacial score (nSPS) is 10.8. The van der Waals surface area contributed by atoms with E-state index in [0.717, 1.165) is 5.76 Å². The molecule has 1 aromatic carbocycles. The van der Waals surface area contributed by atoms with Gasteiger partial charge in [-0.2, -0.15) is 0 Å². The summed E-state index contributed by atoms with van der Waals surface area (Å²) in [6.07, 6.45) is 0.637. The summed E-state index contributed by atoms with van der Waals surface area (Å²) < 4.78 is 5.72. The van der Waals surface area contributed by atoms with Gasteiger partial charge in [-0.3, -0.25) is 10.1 Å². The van der Waals surface area contributed by atoms with Crippen molar-refractivity contribution in [1.29, 1.82) is 0 Å². The Balaban J connectivity index is 1.76. The number of anilines is 1. The van der Waals surface area contributed by atoms with Gasteiger partial charge in [0.15, 0.2) is 5.76 Å². The van der Waals surface area contributed by atoms with Gasteiger partial charge in [-0.05, 0) is 62.6 Å². The summed E-state index contributed by atoms with van der Waals surface area (Å²) in [5.74, 6) is 0.690. The highest BCUT2D eigenvalue weighted by molar-refractivity contribution is 6.29. The molecule has 0 bridgehead atoms. The Morgan fingerprint density at radius 3 is 2.42 bits per heavy atom. The van der Waals surface area contributed by atoms with Crippen LogP contribution in [-0.4, -0.2) is 15.9 Å². The number of benzene rings is 1. The van der Waals surface area contributed by atoms with Gasteiger partial charge in [-0.25, -0.2) is 9.97 Å². The fourth-order valence-electron chi connectivity index (χ4n) is 3.01. The van der Waals surface area contributed by atoms with Crippen LogP contribution in [0.2, 0.25) is 5.15 Å². The largest absolute Gasteiger partial charge is 0.456 e. The molecule has 26 heavy (non-hydrogen) atoms. The van der Waals surface area contributed by atoms with Gasteiger partial charge in [-0.1, -0.05) is 29.3 Å². The van der Waals surface area contributed by atoms with Gasteiger partial charge in [-0.15, -0.1) is 0 Å². The molecule has 2 heterocycles. The Labute approximate surface area is 157 Å². The van der Waals surface area contributed by atoms with Crippen LogP contribution >= 0.6 is 11.6 Å². The molecular formula is C20H20ClN3O2. The summed E-state index contributed by atoms with van der Waals surface area (Å²) >= 11 is 5.89. The minimum absolute atomic E-state index is 0.156. The number of furan rings is 1. The first kappa shape index (κ1) is 18.1. The molecule has 3 rings (SSSR count). The molecule has 0 unspecified atom stereocenters. The Kier molecular flexibility index (Phi) is 5.09. The van der Waals surface area contributed by atoms with E-state index in [9.17, 15) is 4.79 Å². The van der Waals surface area contributed by atoms with Crippen LogP contribution in [0.5, 0.6) is 0 Å². The van der Waals surface area contributed by atoms with Crippen molar-refractivity contribution < 1.29 is 9.21 Å². The predicted octanol–water partition coefficient (Wildman–Crippen LogP) is 4.80. The summed E-state index contributed by atoms with van der Waals surface area (Å²) in [5, 5.41) is 2.88. The van der Waals surface area contributed by atoms with Gasteiger partial charge < -0.3 is 4.42 Å². The van der Waals surface area contributed by atoms with Crippen molar-refractivity contribution >= 4 is 23.5 Å². The maximum atomic E-state index is 12.4. The van der Waals surface area contributed by atoms with E-state index in [0.29, 0.717) is 12.1 Å². The third-order valence-electron chi connectivity index (χ3n) is 4.13. The maximum absolute atomic E-state index is 12.4. The first-order chi connectivity index (χ1) is 12.3. The van der Waals surface area contributed by atoms with Crippen LogP contribution in [-0.2, 0) is 6.42 Å². The molecule has 0 spiro atoms. The summed E-state index contributed by atoms with van der Waals surface area (Å²) in [5.41, 5.74) is 5.55. The van der Waals surface area contributed by atoms with Crippen molar-refractivity contribution in [1.82, 2.24) is 9.97 Å². The first-order valence-corrected chi connectivity index (χ1v) is 8.67. The molecule has 0 atom stereocenters. The van der Waals surface area contributed by atoms with Crippen LogP contribution in [0, 0.1) is 27.7 Å². The second-order valence-corrected chi connectivity index (χ2v) is 6.82. The Morgan fingerprint density at radius 2 is 1.77 bits per heavy atom. The second kappa shape index (κ2) is 7.30. The number of nitrogens with one attached hydrogen (secondary N) is 1. The van der Waals surface area contributed by atoms with Gasteiger partial charge in [0.1, 0.15) is 10.9 Å². The number of rotatable bonds is 4. The summed E-state index contributed by atoms with van der Waals surface area (Å²) in [6, 6.07) is 9.39. The highest BCUT2D eigenvalue weighted by atomic mass is 35.5. The highest BCUT2D eigenvalue weighted by Crippen LogP contribution is 2.21. The molecular weight excluding hydrogens is 350 g/mol. The molecule has 0 aliphatic carbocycles. The molecule has 0 saturated heterocycles. The molecule has 0 radical (unpaired) electrons. The van der Waals surface area contributed by atoms with Crippen molar-refractivity contribution in [2.75, 3.05) is 5.32 Å². The second-order valence-electron chi connectivity index (χ2n) is 6.43. The Bertz CT molecular complexity index is 936.